The van der Waals surface area contributed by atoms with Crippen LogP contribution in [0.5, 0.6) is 5.75 Å². The number of alkyl halides is 3. The number of allylic oxidation sites excluding steroid dienone is 1. The van der Waals surface area contributed by atoms with Gasteiger partial charge in [-0.2, -0.15) is 13.2 Å². The molecule has 0 aromatic heterocycles. The van der Waals surface area contributed by atoms with Crippen LogP contribution in [-0.4, -0.2) is 25.0 Å². The van der Waals surface area contributed by atoms with E-state index < -0.39 is 41.3 Å². The Morgan fingerprint density at radius 2 is 1.75 bits per heavy atom. The SMILES string of the molecule is COc1ccc(Cl)cc1C(=O)N[C@@H]1C2CCC(C2=C(C)C)[C@@H]1C(=O)Nc1ccc(F)c(C(F)(F)F)c1. The predicted octanol–water partition coefficient (Wildman–Crippen LogP) is 6.24. The molecule has 0 radical (unpaired) electrons. The molecule has 10 heteroatoms. The summed E-state index contributed by atoms with van der Waals surface area (Å²) in [4.78, 5) is 26.7. The fourth-order valence-corrected chi connectivity index (χ4v) is 5.77. The first kappa shape index (κ1) is 26.0. The number of benzene rings is 2. The van der Waals surface area contributed by atoms with Crippen molar-refractivity contribution in [3.05, 3.63) is 69.5 Å². The molecule has 2 aliphatic carbocycles. The maximum Gasteiger partial charge on any atom is 0.419 e. The quantitative estimate of drug-likeness (QED) is 0.359. The molecule has 2 aromatic carbocycles. The van der Waals surface area contributed by atoms with Gasteiger partial charge in [0.15, 0.2) is 0 Å². The highest BCUT2D eigenvalue weighted by atomic mass is 35.5. The van der Waals surface area contributed by atoms with Gasteiger partial charge < -0.3 is 15.4 Å². The third-order valence-electron chi connectivity index (χ3n) is 6.96. The van der Waals surface area contributed by atoms with Crippen LogP contribution in [0, 0.1) is 23.6 Å². The standard InChI is InChI=1S/C26H25ClF4N2O3/c1-12(2)21-15-6-7-16(21)23(33-24(34)17-10-13(27)4-9-20(17)36-3)22(15)25(35)32-14-5-8-19(28)18(11-14)26(29,30)31/h4-5,8-11,15-16,22-23H,6-7H2,1-3H3,(H,32,35)(H,33,34)/t15?,16?,22-,23+/m0/s1. The van der Waals surface area contributed by atoms with Crippen molar-refractivity contribution in [3.8, 4) is 5.75 Å². The summed E-state index contributed by atoms with van der Waals surface area (Å²) in [5.41, 5.74) is 0.694. The summed E-state index contributed by atoms with van der Waals surface area (Å²) < 4.78 is 58.5. The second kappa shape index (κ2) is 9.76. The minimum Gasteiger partial charge on any atom is -0.496 e. The second-order valence-corrected chi connectivity index (χ2v) is 9.73. The summed E-state index contributed by atoms with van der Waals surface area (Å²) in [6, 6.07) is 6.37. The number of amides is 2. The fraction of sp³-hybridized carbons (Fsp3) is 0.385. The monoisotopic (exact) mass is 524 g/mol. The molecule has 2 N–H and O–H groups in total. The zero-order valence-electron chi connectivity index (χ0n) is 19.8. The van der Waals surface area contributed by atoms with Gasteiger partial charge in [-0.1, -0.05) is 22.7 Å². The van der Waals surface area contributed by atoms with E-state index in [4.69, 9.17) is 16.3 Å². The molecule has 2 bridgehead atoms. The molecule has 0 spiro atoms. The van der Waals surface area contributed by atoms with Gasteiger partial charge in [0.1, 0.15) is 11.6 Å². The molecule has 4 rings (SSSR count). The molecular formula is C26H25ClF4N2O3. The summed E-state index contributed by atoms with van der Waals surface area (Å²) in [5, 5.41) is 5.82. The highest BCUT2D eigenvalue weighted by Gasteiger charge is 2.55. The van der Waals surface area contributed by atoms with Crippen LogP contribution in [0.25, 0.3) is 0 Å². The van der Waals surface area contributed by atoms with E-state index in [1.54, 1.807) is 12.1 Å². The fourth-order valence-electron chi connectivity index (χ4n) is 5.60. The number of rotatable bonds is 5. The molecule has 4 atom stereocenters. The van der Waals surface area contributed by atoms with E-state index in [1.165, 1.54) is 13.2 Å². The smallest absolute Gasteiger partial charge is 0.419 e. The van der Waals surface area contributed by atoms with Crippen LogP contribution in [0.1, 0.15) is 42.6 Å². The molecule has 2 amide bonds. The molecule has 192 valence electrons. The molecule has 2 aliphatic rings. The molecule has 0 heterocycles. The minimum atomic E-state index is -4.90. The second-order valence-electron chi connectivity index (χ2n) is 9.30. The van der Waals surface area contributed by atoms with Crippen LogP contribution in [0.15, 0.2) is 47.5 Å². The van der Waals surface area contributed by atoms with E-state index in [-0.39, 0.29) is 23.1 Å². The van der Waals surface area contributed by atoms with Crippen molar-refractivity contribution in [2.45, 2.75) is 38.9 Å². The normalized spacial score (nSPS) is 22.9. The van der Waals surface area contributed by atoms with Gasteiger partial charge in [0.05, 0.1) is 24.2 Å². The highest BCUT2D eigenvalue weighted by molar-refractivity contribution is 6.31. The Bertz CT molecular complexity index is 1240. The zero-order valence-corrected chi connectivity index (χ0v) is 20.6. The maximum absolute atomic E-state index is 13.7. The first-order valence-corrected chi connectivity index (χ1v) is 11.8. The van der Waals surface area contributed by atoms with Crippen molar-refractivity contribution in [3.63, 3.8) is 0 Å². The van der Waals surface area contributed by atoms with E-state index in [1.807, 2.05) is 13.8 Å². The van der Waals surface area contributed by atoms with Crippen LogP contribution in [-0.2, 0) is 11.0 Å². The number of hydrogen-bond donors (Lipinski definition) is 2. The van der Waals surface area contributed by atoms with Crippen molar-refractivity contribution >= 4 is 29.1 Å². The lowest BCUT2D eigenvalue weighted by molar-refractivity contribution is -0.140. The minimum absolute atomic E-state index is 0.0937. The molecule has 2 aromatic rings. The topological polar surface area (TPSA) is 67.4 Å². The van der Waals surface area contributed by atoms with Crippen molar-refractivity contribution in [1.29, 1.82) is 0 Å². The molecule has 0 saturated heterocycles. The largest absolute Gasteiger partial charge is 0.496 e. The van der Waals surface area contributed by atoms with E-state index in [2.05, 4.69) is 10.6 Å². The lowest BCUT2D eigenvalue weighted by Gasteiger charge is -2.30. The van der Waals surface area contributed by atoms with Crippen LogP contribution >= 0.6 is 11.6 Å². The summed E-state index contributed by atoms with van der Waals surface area (Å²) in [5.74, 6) is -3.11. The Morgan fingerprint density at radius 3 is 2.39 bits per heavy atom. The predicted molar refractivity (Wildman–Crippen MR) is 127 cm³/mol. The van der Waals surface area contributed by atoms with Gasteiger partial charge in [-0.3, -0.25) is 9.59 Å². The van der Waals surface area contributed by atoms with Gasteiger partial charge in [-0.05, 0) is 69.0 Å². The highest BCUT2D eigenvalue weighted by Crippen LogP contribution is 2.54. The van der Waals surface area contributed by atoms with Crippen molar-refractivity contribution in [2.75, 3.05) is 12.4 Å². The molecular weight excluding hydrogens is 500 g/mol. The molecule has 2 saturated carbocycles. The van der Waals surface area contributed by atoms with Gasteiger partial charge in [-0.25, -0.2) is 4.39 Å². The van der Waals surface area contributed by atoms with Gasteiger partial charge in [0.25, 0.3) is 5.91 Å². The van der Waals surface area contributed by atoms with Gasteiger partial charge in [0.2, 0.25) is 5.91 Å². The average Bonchev–Trinajstić information content (AvgIpc) is 3.36. The maximum atomic E-state index is 13.7. The van der Waals surface area contributed by atoms with E-state index >= 15 is 0 Å². The molecule has 5 nitrogen and oxygen atoms in total. The third kappa shape index (κ3) is 4.81. The Hall–Kier alpha value is -3.07. The number of hydrogen-bond acceptors (Lipinski definition) is 3. The Balaban J connectivity index is 1.65. The van der Waals surface area contributed by atoms with Crippen LogP contribution in [0.3, 0.4) is 0 Å². The first-order valence-electron chi connectivity index (χ1n) is 11.4. The number of anilines is 1. The number of fused-ring (bicyclic) bond motifs is 2. The van der Waals surface area contributed by atoms with Crippen molar-refractivity contribution < 1.29 is 31.9 Å². The number of halogens is 5. The zero-order chi connectivity index (χ0) is 26.4. The Morgan fingerprint density at radius 1 is 1.06 bits per heavy atom. The Labute approximate surface area is 210 Å². The lowest BCUT2D eigenvalue weighted by Crippen LogP contribution is -2.48. The number of methoxy groups -OCH3 is 1. The van der Waals surface area contributed by atoms with Crippen molar-refractivity contribution in [1.82, 2.24) is 5.32 Å². The molecule has 36 heavy (non-hydrogen) atoms. The number of nitrogens with one attached hydrogen (secondary N) is 2. The van der Waals surface area contributed by atoms with Gasteiger partial charge in [-0.15, -0.1) is 0 Å². The molecule has 2 fully saturated rings. The third-order valence-corrected chi connectivity index (χ3v) is 7.20. The van der Waals surface area contributed by atoms with Crippen LogP contribution in [0.2, 0.25) is 5.02 Å². The average molecular weight is 525 g/mol. The summed E-state index contributed by atoms with van der Waals surface area (Å²) in [7, 11) is 1.42. The molecule has 0 aliphatic heterocycles. The van der Waals surface area contributed by atoms with E-state index in [0.29, 0.717) is 29.3 Å². The summed E-state index contributed by atoms with van der Waals surface area (Å²) in [6.07, 6.45) is -3.42. The number of carbonyl (C=O) groups excluding carboxylic acids is 2. The van der Waals surface area contributed by atoms with Crippen LogP contribution < -0.4 is 15.4 Å². The molecule has 2 unspecified atom stereocenters. The lowest BCUT2D eigenvalue weighted by atomic mass is 9.83. The van der Waals surface area contributed by atoms with Crippen molar-refractivity contribution in [2.24, 2.45) is 17.8 Å². The van der Waals surface area contributed by atoms with Gasteiger partial charge >= 0.3 is 6.18 Å². The van der Waals surface area contributed by atoms with Gasteiger partial charge in [0, 0.05) is 22.7 Å². The Kier molecular flexibility index (Phi) is 7.05. The number of ether oxygens (including phenoxy) is 1. The number of carbonyl (C=O) groups is 2. The van der Waals surface area contributed by atoms with E-state index in [0.717, 1.165) is 23.6 Å². The first-order chi connectivity index (χ1) is 16.9. The van der Waals surface area contributed by atoms with Crippen LogP contribution in [0.4, 0.5) is 23.2 Å². The summed E-state index contributed by atoms with van der Waals surface area (Å²) in [6.45, 7) is 3.88. The van der Waals surface area contributed by atoms with E-state index in [9.17, 15) is 27.2 Å². The summed E-state index contributed by atoms with van der Waals surface area (Å²) >= 11 is 6.07.